The van der Waals surface area contributed by atoms with E-state index in [9.17, 15) is 9.90 Å². The highest BCUT2D eigenvalue weighted by Gasteiger charge is 2.16. The molecule has 5 heteroatoms. The van der Waals surface area contributed by atoms with Gasteiger partial charge < -0.3 is 14.6 Å². The Labute approximate surface area is 125 Å². The van der Waals surface area contributed by atoms with Gasteiger partial charge in [0.15, 0.2) is 5.78 Å². The predicted octanol–water partition coefficient (Wildman–Crippen LogP) is 1.35. The number of aliphatic hydroxyl groups is 1. The number of ether oxygens (including phenoxy) is 2. The van der Waals surface area contributed by atoms with Gasteiger partial charge in [0.1, 0.15) is 18.5 Å². The summed E-state index contributed by atoms with van der Waals surface area (Å²) in [6.07, 6.45) is -0.135. The largest absolute Gasteiger partial charge is 0.490 e. The van der Waals surface area contributed by atoms with Gasteiger partial charge in [-0.1, -0.05) is 19.1 Å². The highest BCUT2D eigenvalue weighted by molar-refractivity contribution is 5.98. The lowest BCUT2D eigenvalue weighted by Crippen LogP contribution is -2.42. The zero-order valence-electron chi connectivity index (χ0n) is 12.5. The number of β-amino-alcohol motifs (C(OH)–C–C–N with tert-alkyl or cyclic N) is 1. The van der Waals surface area contributed by atoms with Crippen molar-refractivity contribution < 1.29 is 19.4 Å². The number of para-hydroxylation sites is 1. The third kappa shape index (κ3) is 4.81. The van der Waals surface area contributed by atoms with E-state index in [0.717, 1.165) is 13.1 Å². The molecule has 1 aromatic carbocycles. The van der Waals surface area contributed by atoms with Crippen LogP contribution in [0, 0.1) is 0 Å². The van der Waals surface area contributed by atoms with Crippen molar-refractivity contribution in [3.05, 3.63) is 29.8 Å². The smallest absolute Gasteiger partial charge is 0.166 e. The molecule has 0 radical (unpaired) electrons. The van der Waals surface area contributed by atoms with Crippen LogP contribution in [0.25, 0.3) is 0 Å². The molecule has 1 aliphatic heterocycles. The maximum absolute atomic E-state index is 11.8. The molecule has 1 aromatic rings. The normalized spacial score (nSPS) is 17.4. The van der Waals surface area contributed by atoms with Gasteiger partial charge in [0.25, 0.3) is 0 Å². The average molecular weight is 293 g/mol. The van der Waals surface area contributed by atoms with Gasteiger partial charge >= 0.3 is 0 Å². The van der Waals surface area contributed by atoms with E-state index in [-0.39, 0.29) is 12.4 Å². The van der Waals surface area contributed by atoms with Crippen molar-refractivity contribution in [2.45, 2.75) is 19.4 Å². The lowest BCUT2D eigenvalue weighted by atomic mass is 10.1. The second-order valence-corrected chi connectivity index (χ2v) is 5.15. The molecule has 0 bridgehead atoms. The Bertz CT molecular complexity index is 457. The summed E-state index contributed by atoms with van der Waals surface area (Å²) < 4.78 is 10.9. The van der Waals surface area contributed by atoms with Crippen LogP contribution >= 0.6 is 0 Å². The fraction of sp³-hybridized carbons (Fsp3) is 0.562. The number of aliphatic hydroxyl groups excluding tert-OH is 1. The van der Waals surface area contributed by atoms with E-state index in [1.165, 1.54) is 0 Å². The first-order valence-corrected chi connectivity index (χ1v) is 7.44. The molecule has 1 atom stereocenters. The number of carbonyl (C=O) groups excluding carboxylic acids is 1. The maximum Gasteiger partial charge on any atom is 0.166 e. The van der Waals surface area contributed by atoms with Crippen molar-refractivity contribution in [3.63, 3.8) is 0 Å². The molecule has 0 aliphatic carbocycles. The van der Waals surface area contributed by atoms with Crippen molar-refractivity contribution in [3.8, 4) is 5.75 Å². The monoisotopic (exact) mass is 293 g/mol. The molecular formula is C16H23NO4. The number of hydrogen-bond donors (Lipinski definition) is 1. The molecule has 1 unspecified atom stereocenters. The van der Waals surface area contributed by atoms with Gasteiger partial charge in [0.05, 0.1) is 18.8 Å². The second-order valence-electron chi connectivity index (χ2n) is 5.15. The van der Waals surface area contributed by atoms with Crippen LogP contribution in [0.4, 0.5) is 0 Å². The number of hydrogen-bond acceptors (Lipinski definition) is 5. The second kappa shape index (κ2) is 8.12. The zero-order valence-corrected chi connectivity index (χ0v) is 12.5. The summed E-state index contributed by atoms with van der Waals surface area (Å²) in [4.78, 5) is 14.0. The minimum Gasteiger partial charge on any atom is -0.490 e. The van der Waals surface area contributed by atoms with E-state index in [2.05, 4.69) is 4.90 Å². The lowest BCUT2D eigenvalue weighted by molar-refractivity contribution is 0.00457. The molecule has 0 aromatic heterocycles. The standard InChI is InChI=1S/C16H23NO4/c1-2-15(19)14-5-3-4-6-16(14)21-12-13(18)11-17-7-9-20-10-8-17/h3-6,13,18H,2,7-12H2,1H3. The van der Waals surface area contributed by atoms with Crippen LogP contribution in [-0.4, -0.2) is 61.3 Å². The Morgan fingerprint density at radius 2 is 2.10 bits per heavy atom. The van der Waals surface area contributed by atoms with Crippen LogP contribution in [0.1, 0.15) is 23.7 Å². The maximum atomic E-state index is 11.8. The third-order valence-electron chi connectivity index (χ3n) is 3.51. The molecular weight excluding hydrogens is 270 g/mol. The van der Waals surface area contributed by atoms with Crippen molar-refractivity contribution in [1.82, 2.24) is 4.90 Å². The summed E-state index contributed by atoms with van der Waals surface area (Å²) in [6, 6.07) is 7.18. The number of morpholine rings is 1. The Kier molecular flexibility index (Phi) is 6.17. The number of Topliss-reactive ketones (excluding diaryl/α,β-unsaturated/α-hetero) is 1. The molecule has 1 fully saturated rings. The first-order valence-electron chi connectivity index (χ1n) is 7.44. The fourth-order valence-corrected chi connectivity index (χ4v) is 2.33. The summed E-state index contributed by atoms with van der Waals surface area (Å²) in [5.74, 6) is 0.596. The Hall–Kier alpha value is -1.43. The number of benzene rings is 1. The predicted molar refractivity (Wildman–Crippen MR) is 79.8 cm³/mol. The lowest BCUT2D eigenvalue weighted by Gasteiger charge is -2.28. The molecule has 0 saturated carbocycles. The topological polar surface area (TPSA) is 59.0 Å². The molecule has 1 saturated heterocycles. The van der Waals surface area contributed by atoms with Gasteiger partial charge in [-0.05, 0) is 12.1 Å². The third-order valence-corrected chi connectivity index (χ3v) is 3.51. The molecule has 0 spiro atoms. The summed E-state index contributed by atoms with van der Waals surface area (Å²) in [6.45, 7) is 5.66. The van der Waals surface area contributed by atoms with E-state index < -0.39 is 6.10 Å². The van der Waals surface area contributed by atoms with Crippen molar-refractivity contribution >= 4 is 5.78 Å². The number of carbonyl (C=O) groups is 1. The molecule has 5 nitrogen and oxygen atoms in total. The number of nitrogens with zero attached hydrogens (tertiary/aromatic N) is 1. The van der Waals surface area contributed by atoms with Gasteiger partial charge in [-0.2, -0.15) is 0 Å². The van der Waals surface area contributed by atoms with Gasteiger partial charge in [-0.3, -0.25) is 9.69 Å². The molecule has 1 N–H and O–H groups in total. The first kappa shape index (κ1) is 15.9. The molecule has 1 heterocycles. The van der Waals surface area contributed by atoms with Gasteiger partial charge in [0.2, 0.25) is 0 Å². The minimum absolute atomic E-state index is 0.0493. The Morgan fingerprint density at radius 1 is 1.38 bits per heavy atom. The van der Waals surface area contributed by atoms with Gasteiger partial charge in [0, 0.05) is 26.1 Å². The van der Waals surface area contributed by atoms with Crippen molar-refractivity contribution in [2.75, 3.05) is 39.5 Å². The SMILES string of the molecule is CCC(=O)c1ccccc1OCC(O)CN1CCOCC1. The number of ketones is 1. The summed E-state index contributed by atoms with van der Waals surface area (Å²) in [5, 5.41) is 10.1. The summed E-state index contributed by atoms with van der Waals surface area (Å²) in [7, 11) is 0. The highest BCUT2D eigenvalue weighted by atomic mass is 16.5. The fourth-order valence-electron chi connectivity index (χ4n) is 2.33. The molecule has 0 amide bonds. The van der Waals surface area contributed by atoms with Crippen molar-refractivity contribution in [1.29, 1.82) is 0 Å². The van der Waals surface area contributed by atoms with Crippen molar-refractivity contribution in [2.24, 2.45) is 0 Å². The molecule has 1 aliphatic rings. The minimum atomic E-state index is -0.576. The van der Waals surface area contributed by atoms with E-state index in [1.54, 1.807) is 12.1 Å². The van der Waals surface area contributed by atoms with Crippen LogP contribution in [-0.2, 0) is 4.74 Å². The molecule has 21 heavy (non-hydrogen) atoms. The summed E-state index contributed by atoms with van der Waals surface area (Å²) >= 11 is 0. The van der Waals surface area contributed by atoms with Crippen LogP contribution < -0.4 is 4.74 Å². The van der Waals surface area contributed by atoms with E-state index >= 15 is 0 Å². The van der Waals surface area contributed by atoms with E-state index in [0.29, 0.717) is 37.5 Å². The highest BCUT2D eigenvalue weighted by Crippen LogP contribution is 2.19. The van der Waals surface area contributed by atoms with Gasteiger partial charge in [-0.25, -0.2) is 0 Å². The molecule has 116 valence electrons. The number of rotatable bonds is 7. The molecule has 2 rings (SSSR count). The average Bonchev–Trinajstić information content (AvgIpc) is 2.53. The van der Waals surface area contributed by atoms with Gasteiger partial charge in [-0.15, -0.1) is 0 Å². The van der Waals surface area contributed by atoms with Crippen LogP contribution in [0.15, 0.2) is 24.3 Å². The van der Waals surface area contributed by atoms with Crippen LogP contribution in [0.5, 0.6) is 5.75 Å². The quantitative estimate of drug-likeness (QED) is 0.769. The van der Waals surface area contributed by atoms with E-state index in [4.69, 9.17) is 9.47 Å². The first-order chi connectivity index (χ1) is 10.2. The zero-order chi connectivity index (χ0) is 15.1. The van der Waals surface area contributed by atoms with E-state index in [1.807, 2.05) is 19.1 Å². The Balaban J connectivity index is 1.86. The van der Waals surface area contributed by atoms with Crippen LogP contribution in [0.2, 0.25) is 0 Å². The summed E-state index contributed by atoms with van der Waals surface area (Å²) in [5.41, 5.74) is 0.582. The van der Waals surface area contributed by atoms with Crippen LogP contribution in [0.3, 0.4) is 0 Å². The Morgan fingerprint density at radius 3 is 2.81 bits per heavy atom.